The predicted molar refractivity (Wildman–Crippen MR) is 158 cm³/mol. The van der Waals surface area contributed by atoms with Crippen molar-refractivity contribution in [1.82, 2.24) is 14.5 Å². The van der Waals surface area contributed by atoms with Crippen LogP contribution in [0.4, 0.5) is 24.7 Å². The van der Waals surface area contributed by atoms with Crippen LogP contribution in [0.2, 0.25) is 0 Å². The summed E-state index contributed by atoms with van der Waals surface area (Å²) in [6.45, 7) is 2.58. The summed E-state index contributed by atoms with van der Waals surface area (Å²) < 4.78 is 80.8. The van der Waals surface area contributed by atoms with Crippen molar-refractivity contribution >= 4 is 32.5 Å². The van der Waals surface area contributed by atoms with E-state index in [4.69, 9.17) is 14.5 Å². The van der Waals surface area contributed by atoms with Gasteiger partial charge in [-0.2, -0.15) is 31.6 Å². The van der Waals surface area contributed by atoms with Gasteiger partial charge in [0.25, 0.3) is 0 Å². The number of rotatable bonds is 8. The minimum atomic E-state index is -5.87. The molecule has 0 saturated heterocycles. The molecule has 1 aliphatic rings. The SMILES string of the molecule is Cc1cc2c(OS(=O)(=O)C(F)(F)F)cccc2n1-c1nc2c(c(N(C)c3cccc(OCc4ccccc4)c3)n1)CCCO2. The molecule has 44 heavy (non-hydrogen) atoms. The molecule has 1 aliphatic heterocycles. The minimum absolute atomic E-state index is 0.151. The number of halogens is 3. The zero-order valence-corrected chi connectivity index (χ0v) is 24.5. The zero-order chi connectivity index (χ0) is 31.1. The van der Waals surface area contributed by atoms with Crippen molar-refractivity contribution in [2.24, 2.45) is 0 Å². The van der Waals surface area contributed by atoms with Crippen LogP contribution in [-0.4, -0.2) is 42.1 Å². The molecule has 5 aromatic rings. The molecule has 0 fully saturated rings. The normalized spacial score (nSPS) is 13.3. The van der Waals surface area contributed by atoms with Crippen LogP contribution in [0.5, 0.6) is 17.4 Å². The van der Waals surface area contributed by atoms with E-state index < -0.39 is 21.4 Å². The fourth-order valence-corrected chi connectivity index (χ4v) is 5.54. The summed E-state index contributed by atoms with van der Waals surface area (Å²) in [7, 11) is -4.01. The van der Waals surface area contributed by atoms with E-state index in [1.165, 1.54) is 12.1 Å². The summed E-state index contributed by atoms with van der Waals surface area (Å²) >= 11 is 0. The van der Waals surface area contributed by atoms with Crippen LogP contribution < -0.4 is 18.6 Å². The van der Waals surface area contributed by atoms with Gasteiger partial charge in [-0.15, -0.1) is 0 Å². The first-order valence-electron chi connectivity index (χ1n) is 13.7. The van der Waals surface area contributed by atoms with E-state index in [2.05, 4.69) is 9.17 Å². The molecule has 2 aromatic heterocycles. The zero-order valence-electron chi connectivity index (χ0n) is 23.7. The van der Waals surface area contributed by atoms with Gasteiger partial charge in [-0.1, -0.05) is 42.5 Å². The lowest BCUT2D eigenvalue weighted by atomic mass is 10.1. The Morgan fingerprint density at radius 3 is 2.55 bits per heavy atom. The Morgan fingerprint density at radius 2 is 1.77 bits per heavy atom. The van der Waals surface area contributed by atoms with Crippen molar-refractivity contribution in [3.63, 3.8) is 0 Å². The summed E-state index contributed by atoms with van der Waals surface area (Å²) in [5.74, 6) is 1.39. The summed E-state index contributed by atoms with van der Waals surface area (Å²) in [4.78, 5) is 11.5. The summed E-state index contributed by atoms with van der Waals surface area (Å²) in [5.41, 5.74) is -2.02. The monoisotopic (exact) mass is 624 g/mol. The number of hydrogen-bond acceptors (Lipinski definition) is 8. The number of hydrogen-bond donors (Lipinski definition) is 0. The number of benzene rings is 3. The highest BCUT2D eigenvalue weighted by molar-refractivity contribution is 7.88. The Morgan fingerprint density at radius 1 is 1.00 bits per heavy atom. The topological polar surface area (TPSA) is 95.8 Å². The van der Waals surface area contributed by atoms with Crippen molar-refractivity contribution in [3.05, 3.63) is 95.7 Å². The van der Waals surface area contributed by atoms with Crippen LogP contribution in [0.15, 0.2) is 78.9 Å². The first kappa shape index (κ1) is 29.3. The molecule has 0 amide bonds. The molecule has 3 heterocycles. The molecule has 0 atom stereocenters. The lowest BCUT2D eigenvalue weighted by Gasteiger charge is -2.26. The third kappa shape index (κ3) is 5.62. The number of alkyl halides is 3. The standard InChI is InChI=1S/C31H27F3N4O5S/c1-20-17-25-26(14-7-15-27(25)43-44(39,40)31(32,33)34)38(20)30-35-28(24-13-8-16-41-29(24)36-30)37(2)22-11-6-12-23(18-22)42-19-21-9-4-3-5-10-21/h3-7,9-12,14-15,17-18H,8,13,16,19H2,1-2H3. The van der Waals surface area contributed by atoms with Crippen LogP contribution in [0.3, 0.4) is 0 Å². The third-order valence-electron chi connectivity index (χ3n) is 7.19. The molecule has 228 valence electrons. The summed E-state index contributed by atoms with van der Waals surface area (Å²) in [6.07, 6.45) is 1.45. The van der Waals surface area contributed by atoms with Crippen molar-refractivity contribution in [2.75, 3.05) is 18.6 Å². The second-order valence-electron chi connectivity index (χ2n) is 10.2. The molecule has 9 nitrogen and oxygen atoms in total. The second-order valence-corrected chi connectivity index (χ2v) is 11.7. The highest BCUT2D eigenvalue weighted by atomic mass is 32.2. The first-order chi connectivity index (χ1) is 21.0. The van der Waals surface area contributed by atoms with Crippen LogP contribution in [-0.2, 0) is 23.1 Å². The molecule has 0 bridgehead atoms. The van der Waals surface area contributed by atoms with Gasteiger partial charge in [0.2, 0.25) is 11.8 Å². The Labute approximate surface area is 251 Å². The number of ether oxygens (including phenoxy) is 2. The molecule has 6 rings (SSSR count). The molecule has 13 heteroatoms. The summed E-state index contributed by atoms with van der Waals surface area (Å²) in [5, 5.41) is 0.151. The third-order valence-corrected chi connectivity index (χ3v) is 8.16. The number of nitrogens with zero attached hydrogens (tertiary/aromatic N) is 4. The number of anilines is 2. The van der Waals surface area contributed by atoms with Crippen LogP contribution >= 0.6 is 0 Å². The van der Waals surface area contributed by atoms with E-state index in [0.717, 1.165) is 29.3 Å². The maximum absolute atomic E-state index is 13.1. The lowest BCUT2D eigenvalue weighted by Crippen LogP contribution is -2.28. The van der Waals surface area contributed by atoms with E-state index >= 15 is 0 Å². The summed E-state index contributed by atoms with van der Waals surface area (Å²) in [6, 6.07) is 23.1. The molecule has 0 N–H and O–H groups in total. The average Bonchev–Trinajstić information content (AvgIpc) is 3.36. The molecule has 0 saturated carbocycles. The van der Waals surface area contributed by atoms with Crippen LogP contribution in [0, 0.1) is 6.92 Å². The van der Waals surface area contributed by atoms with E-state index in [0.29, 0.717) is 48.3 Å². The van der Waals surface area contributed by atoms with E-state index in [1.54, 1.807) is 17.6 Å². The van der Waals surface area contributed by atoms with E-state index in [-0.39, 0.29) is 11.3 Å². The van der Waals surface area contributed by atoms with Gasteiger partial charge >= 0.3 is 15.6 Å². The minimum Gasteiger partial charge on any atom is -0.489 e. The van der Waals surface area contributed by atoms with Gasteiger partial charge in [0, 0.05) is 29.9 Å². The van der Waals surface area contributed by atoms with Crippen molar-refractivity contribution in [3.8, 4) is 23.3 Å². The van der Waals surface area contributed by atoms with Gasteiger partial charge in [0.1, 0.15) is 18.2 Å². The van der Waals surface area contributed by atoms with Crippen molar-refractivity contribution < 1.29 is 35.2 Å². The smallest absolute Gasteiger partial charge is 0.489 e. The Bertz CT molecular complexity index is 1950. The Kier molecular flexibility index (Phi) is 7.58. The molecule has 0 aliphatic carbocycles. The molecular formula is C31H27F3N4O5S. The van der Waals surface area contributed by atoms with Gasteiger partial charge in [0.15, 0.2) is 5.75 Å². The van der Waals surface area contributed by atoms with Crippen LogP contribution in [0.1, 0.15) is 23.2 Å². The van der Waals surface area contributed by atoms with Crippen molar-refractivity contribution in [1.29, 1.82) is 0 Å². The molecule has 3 aromatic carbocycles. The molecule has 0 spiro atoms. The predicted octanol–water partition coefficient (Wildman–Crippen LogP) is 6.63. The van der Waals surface area contributed by atoms with Gasteiger partial charge < -0.3 is 18.6 Å². The maximum atomic E-state index is 13.1. The molecule has 0 radical (unpaired) electrons. The Balaban J connectivity index is 1.39. The highest BCUT2D eigenvalue weighted by Gasteiger charge is 2.48. The lowest BCUT2D eigenvalue weighted by molar-refractivity contribution is -0.0499. The van der Waals surface area contributed by atoms with Gasteiger partial charge in [0.05, 0.1) is 17.7 Å². The maximum Gasteiger partial charge on any atom is 0.534 e. The van der Waals surface area contributed by atoms with E-state index in [9.17, 15) is 21.6 Å². The van der Waals surface area contributed by atoms with Crippen LogP contribution in [0.25, 0.3) is 16.9 Å². The van der Waals surface area contributed by atoms with Gasteiger partial charge in [-0.3, -0.25) is 4.57 Å². The molecule has 0 unspecified atom stereocenters. The fourth-order valence-electron chi connectivity index (χ4n) is 5.06. The fraction of sp³-hybridized carbons (Fsp3) is 0.226. The van der Waals surface area contributed by atoms with Gasteiger partial charge in [-0.05, 0) is 55.7 Å². The first-order valence-corrected chi connectivity index (χ1v) is 15.1. The highest BCUT2D eigenvalue weighted by Crippen LogP contribution is 2.38. The number of aryl methyl sites for hydroxylation is 1. The van der Waals surface area contributed by atoms with Crippen molar-refractivity contribution in [2.45, 2.75) is 31.9 Å². The number of aromatic nitrogens is 3. The number of fused-ring (bicyclic) bond motifs is 2. The quantitative estimate of drug-likeness (QED) is 0.140. The second kappa shape index (κ2) is 11.4. The molecular weight excluding hydrogens is 597 g/mol. The van der Waals surface area contributed by atoms with Gasteiger partial charge in [-0.25, -0.2) is 0 Å². The largest absolute Gasteiger partial charge is 0.534 e. The Hall–Kier alpha value is -4.78. The van der Waals surface area contributed by atoms with E-state index in [1.807, 2.05) is 66.5 Å². The average molecular weight is 625 g/mol.